The quantitative estimate of drug-likeness (QED) is 0.715. The van der Waals surface area contributed by atoms with Crippen LogP contribution in [0, 0.1) is 13.8 Å². The lowest BCUT2D eigenvalue weighted by molar-refractivity contribution is 0.436. The van der Waals surface area contributed by atoms with Gasteiger partial charge < -0.3 is 10.3 Å². The Balaban J connectivity index is 2.22. The number of hydrogen-bond donors (Lipinski definition) is 1. The SMILES string of the molecule is Cc1ccc(-c2onc(N)c2-c2ccccc2Br)cc1C. The van der Waals surface area contributed by atoms with Gasteiger partial charge in [0, 0.05) is 15.6 Å². The monoisotopic (exact) mass is 342 g/mol. The van der Waals surface area contributed by atoms with Gasteiger partial charge in [0.05, 0.1) is 5.56 Å². The van der Waals surface area contributed by atoms with Gasteiger partial charge in [0.2, 0.25) is 0 Å². The van der Waals surface area contributed by atoms with Crippen molar-refractivity contribution in [3.05, 3.63) is 58.1 Å². The van der Waals surface area contributed by atoms with Crippen molar-refractivity contribution in [3.63, 3.8) is 0 Å². The predicted octanol–water partition coefficient (Wildman–Crippen LogP) is 4.97. The summed E-state index contributed by atoms with van der Waals surface area (Å²) in [5.41, 5.74) is 11.3. The molecule has 1 heterocycles. The molecule has 1 aromatic heterocycles. The first-order valence-electron chi connectivity index (χ1n) is 6.65. The van der Waals surface area contributed by atoms with E-state index in [2.05, 4.69) is 47.1 Å². The van der Waals surface area contributed by atoms with Crippen LogP contribution in [0.3, 0.4) is 0 Å². The molecule has 0 saturated carbocycles. The summed E-state index contributed by atoms with van der Waals surface area (Å²) < 4.78 is 6.45. The minimum atomic E-state index is 0.398. The van der Waals surface area contributed by atoms with Gasteiger partial charge in [-0.15, -0.1) is 0 Å². The number of nitrogen functional groups attached to an aromatic ring is 1. The van der Waals surface area contributed by atoms with Crippen molar-refractivity contribution >= 4 is 21.7 Å². The minimum absolute atomic E-state index is 0.398. The van der Waals surface area contributed by atoms with E-state index < -0.39 is 0 Å². The highest BCUT2D eigenvalue weighted by molar-refractivity contribution is 9.10. The number of benzene rings is 2. The molecule has 21 heavy (non-hydrogen) atoms. The third kappa shape index (κ3) is 2.47. The molecule has 0 aliphatic carbocycles. The average Bonchev–Trinajstić information content (AvgIpc) is 2.84. The normalized spacial score (nSPS) is 10.8. The predicted molar refractivity (Wildman–Crippen MR) is 89.0 cm³/mol. The van der Waals surface area contributed by atoms with Crippen molar-refractivity contribution in [1.29, 1.82) is 0 Å². The summed E-state index contributed by atoms with van der Waals surface area (Å²) in [5.74, 6) is 1.10. The van der Waals surface area contributed by atoms with Crippen LogP contribution in [-0.2, 0) is 0 Å². The molecule has 0 aliphatic heterocycles. The number of aromatic nitrogens is 1. The van der Waals surface area contributed by atoms with E-state index in [9.17, 15) is 0 Å². The molecular weight excluding hydrogens is 328 g/mol. The molecule has 3 rings (SSSR count). The fourth-order valence-corrected chi connectivity index (χ4v) is 2.79. The van der Waals surface area contributed by atoms with Gasteiger partial charge in [-0.3, -0.25) is 0 Å². The first-order chi connectivity index (χ1) is 10.1. The van der Waals surface area contributed by atoms with Crippen LogP contribution < -0.4 is 5.73 Å². The number of nitrogens with zero attached hydrogens (tertiary/aromatic N) is 1. The zero-order valence-corrected chi connectivity index (χ0v) is 13.4. The number of hydrogen-bond acceptors (Lipinski definition) is 3. The van der Waals surface area contributed by atoms with Crippen molar-refractivity contribution in [1.82, 2.24) is 5.16 Å². The maximum atomic E-state index is 6.02. The standard InChI is InChI=1S/C17H15BrN2O/c1-10-7-8-12(9-11(10)2)16-15(17(19)20-21-16)13-5-3-4-6-14(13)18/h3-9H,1-2H3,(H2,19,20). The first kappa shape index (κ1) is 13.9. The highest BCUT2D eigenvalue weighted by Gasteiger charge is 2.19. The van der Waals surface area contributed by atoms with Gasteiger partial charge in [-0.05, 0) is 37.1 Å². The highest BCUT2D eigenvalue weighted by atomic mass is 79.9. The van der Waals surface area contributed by atoms with Gasteiger partial charge in [0.25, 0.3) is 0 Å². The van der Waals surface area contributed by atoms with Crippen molar-refractivity contribution < 1.29 is 4.52 Å². The first-order valence-corrected chi connectivity index (χ1v) is 7.45. The van der Waals surface area contributed by atoms with Gasteiger partial charge in [0.1, 0.15) is 0 Å². The summed E-state index contributed by atoms with van der Waals surface area (Å²) >= 11 is 3.56. The summed E-state index contributed by atoms with van der Waals surface area (Å²) in [6.07, 6.45) is 0. The van der Waals surface area contributed by atoms with E-state index >= 15 is 0 Å². The zero-order valence-electron chi connectivity index (χ0n) is 11.9. The molecule has 0 aliphatic rings. The topological polar surface area (TPSA) is 52.0 Å². The van der Waals surface area contributed by atoms with Gasteiger partial charge >= 0.3 is 0 Å². The molecule has 2 aromatic carbocycles. The Morgan fingerprint density at radius 2 is 1.81 bits per heavy atom. The van der Waals surface area contributed by atoms with E-state index in [-0.39, 0.29) is 0 Å². The molecule has 0 saturated heterocycles. The van der Waals surface area contributed by atoms with Gasteiger partial charge in [0.15, 0.2) is 11.6 Å². The Kier molecular flexibility index (Phi) is 3.55. The number of rotatable bonds is 2. The van der Waals surface area contributed by atoms with Gasteiger partial charge in [-0.2, -0.15) is 0 Å². The summed E-state index contributed by atoms with van der Waals surface area (Å²) in [6, 6.07) is 14.1. The van der Waals surface area contributed by atoms with E-state index in [1.54, 1.807) is 0 Å². The second-order valence-corrected chi connectivity index (χ2v) is 5.91. The van der Waals surface area contributed by atoms with Crippen LogP contribution in [-0.4, -0.2) is 5.16 Å². The van der Waals surface area contributed by atoms with Gasteiger partial charge in [-0.25, -0.2) is 0 Å². The van der Waals surface area contributed by atoms with Crippen LogP contribution in [0.5, 0.6) is 0 Å². The van der Waals surface area contributed by atoms with Crippen LogP contribution in [0.1, 0.15) is 11.1 Å². The van der Waals surface area contributed by atoms with Crippen molar-refractivity contribution in [3.8, 4) is 22.5 Å². The second-order valence-electron chi connectivity index (χ2n) is 5.05. The molecule has 4 heteroatoms. The molecule has 0 fully saturated rings. The molecule has 106 valence electrons. The Morgan fingerprint density at radius 1 is 1.05 bits per heavy atom. The van der Waals surface area contributed by atoms with Gasteiger partial charge in [-0.1, -0.05) is 51.4 Å². The summed E-state index contributed by atoms with van der Waals surface area (Å²) in [6.45, 7) is 4.17. The molecule has 0 amide bonds. The zero-order chi connectivity index (χ0) is 15.0. The third-order valence-corrected chi connectivity index (χ3v) is 4.32. The van der Waals surface area contributed by atoms with E-state index in [0.717, 1.165) is 21.2 Å². The van der Waals surface area contributed by atoms with Crippen molar-refractivity contribution in [2.75, 3.05) is 5.73 Å². The number of anilines is 1. The van der Waals surface area contributed by atoms with E-state index in [4.69, 9.17) is 10.3 Å². The highest BCUT2D eigenvalue weighted by Crippen LogP contribution is 2.40. The Hall–Kier alpha value is -2.07. The van der Waals surface area contributed by atoms with Crippen LogP contribution in [0.15, 0.2) is 51.5 Å². The lowest BCUT2D eigenvalue weighted by Gasteiger charge is -2.07. The number of nitrogens with two attached hydrogens (primary N) is 1. The summed E-state index contributed by atoms with van der Waals surface area (Å²) in [5, 5.41) is 3.94. The van der Waals surface area contributed by atoms with Crippen molar-refractivity contribution in [2.24, 2.45) is 0 Å². The van der Waals surface area contributed by atoms with Crippen LogP contribution >= 0.6 is 15.9 Å². The Morgan fingerprint density at radius 3 is 2.52 bits per heavy atom. The molecule has 0 bridgehead atoms. The molecule has 3 aromatic rings. The molecular formula is C17H15BrN2O. The number of halogens is 1. The maximum Gasteiger partial charge on any atom is 0.176 e. The van der Waals surface area contributed by atoms with Crippen LogP contribution in [0.2, 0.25) is 0 Å². The van der Waals surface area contributed by atoms with E-state index in [1.165, 1.54) is 11.1 Å². The van der Waals surface area contributed by atoms with E-state index in [1.807, 2.05) is 30.3 Å². The number of aryl methyl sites for hydroxylation is 2. The van der Waals surface area contributed by atoms with Crippen molar-refractivity contribution in [2.45, 2.75) is 13.8 Å². The second kappa shape index (κ2) is 5.37. The fourth-order valence-electron chi connectivity index (χ4n) is 2.31. The molecule has 0 spiro atoms. The molecule has 2 N–H and O–H groups in total. The van der Waals surface area contributed by atoms with E-state index in [0.29, 0.717) is 11.6 Å². The molecule has 0 atom stereocenters. The molecule has 0 radical (unpaired) electrons. The summed E-state index contributed by atoms with van der Waals surface area (Å²) in [4.78, 5) is 0. The lowest BCUT2D eigenvalue weighted by atomic mass is 9.99. The fraction of sp³-hybridized carbons (Fsp3) is 0.118. The third-order valence-electron chi connectivity index (χ3n) is 3.63. The largest absolute Gasteiger partial charge is 0.380 e. The summed E-state index contributed by atoms with van der Waals surface area (Å²) in [7, 11) is 0. The Bertz CT molecular complexity index is 808. The minimum Gasteiger partial charge on any atom is -0.380 e. The van der Waals surface area contributed by atoms with Crippen LogP contribution in [0.25, 0.3) is 22.5 Å². The average molecular weight is 343 g/mol. The maximum absolute atomic E-state index is 6.02. The van der Waals surface area contributed by atoms with Crippen LogP contribution in [0.4, 0.5) is 5.82 Å². The Labute approximate surface area is 131 Å². The lowest BCUT2D eigenvalue weighted by Crippen LogP contribution is -1.90. The molecule has 3 nitrogen and oxygen atoms in total. The smallest absolute Gasteiger partial charge is 0.176 e. The molecule has 0 unspecified atom stereocenters.